The first-order chi connectivity index (χ1) is 17.9. The minimum absolute atomic E-state index is 0.146. The molecule has 37 heavy (non-hydrogen) atoms. The Morgan fingerprint density at radius 3 is 1.95 bits per heavy atom. The Bertz CT molecular complexity index is 1120. The zero-order valence-corrected chi connectivity index (χ0v) is 22.8. The van der Waals surface area contributed by atoms with Gasteiger partial charge in [0.1, 0.15) is 6.10 Å². The number of ether oxygens (including phenoxy) is 3. The molecule has 2 aromatic rings. The van der Waals surface area contributed by atoms with E-state index < -0.39 is 12.0 Å². The topological polar surface area (TPSA) is 44.8 Å². The molecule has 4 nitrogen and oxygen atoms in total. The molecule has 0 bridgehead atoms. The van der Waals surface area contributed by atoms with E-state index >= 15 is 0 Å². The molecule has 0 amide bonds. The number of esters is 1. The minimum atomic E-state index is -0.475. The summed E-state index contributed by atoms with van der Waals surface area (Å²) < 4.78 is 18.5. The maximum atomic E-state index is 13.1. The highest BCUT2D eigenvalue weighted by Gasteiger charge is 2.27. The van der Waals surface area contributed by atoms with Crippen molar-refractivity contribution in [2.24, 2.45) is 11.8 Å². The van der Waals surface area contributed by atoms with Crippen LogP contribution >= 0.6 is 0 Å². The van der Waals surface area contributed by atoms with Crippen LogP contribution in [0.4, 0.5) is 0 Å². The molecule has 196 valence electrons. The fourth-order valence-electron chi connectivity index (χ4n) is 4.30. The Morgan fingerprint density at radius 2 is 1.38 bits per heavy atom. The van der Waals surface area contributed by atoms with Gasteiger partial charge in [0.05, 0.1) is 31.3 Å². The van der Waals surface area contributed by atoms with Crippen LogP contribution in [-0.2, 0) is 32.2 Å². The molecule has 3 rings (SSSR count). The highest BCUT2D eigenvalue weighted by Crippen LogP contribution is 2.22. The molecular formula is C33H40O4. The zero-order chi connectivity index (χ0) is 26.6. The Labute approximate surface area is 222 Å². The van der Waals surface area contributed by atoms with Crippen LogP contribution in [0.5, 0.6) is 0 Å². The van der Waals surface area contributed by atoms with Gasteiger partial charge >= 0.3 is 5.97 Å². The van der Waals surface area contributed by atoms with Gasteiger partial charge in [-0.1, -0.05) is 74.5 Å². The minimum Gasteiger partial charge on any atom is -0.457 e. The summed E-state index contributed by atoms with van der Waals surface area (Å²) in [6.07, 6.45) is 4.37. The molecule has 2 aromatic carbocycles. The van der Waals surface area contributed by atoms with Crippen molar-refractivity contribution in [3.8, 4) is 0 Å². The zero-order valence-electron chi connectivity index (χ0n) is 22.8. The average molecular weight is 501 g/mol. The van der Waals surface area contributed by atoms with E-state index in [1.54, 1.807) is 0 Å². The third kappa shape index (κ3) is 9.04. The second-order valence-corrected chi connectivity index (χ2v) is 9.91. The van der Waals surface area contributed by atoms with Crippen molar-refractivity contribution in [1.29, 1.82) is 0 Å². The van der Waals surface area contributed by atoms with Gasteiger partial charge in [0, 0.05) is 5.57 Å². The van der Waals surface area contributed by atoms with Crippen molar-refractivity contribution < 1.29 is 19.0 Å². The molecule has 2 unspecified atom stereocenters. The van der Waals surface area contributed by atoms with E-state index in [0.29, 0.717) is 19.6 Å². The van der Waals surface area contributed by atoms with Crippen molar-refractivity contribution >= 4 is 5.97 Å². The number of hydrogen-bond donors (Lipinski definition) is 0. The monoisotopic (exact) mass is 500 g/mol. The van der Waals surface area contributed by atoms with Crippen LogP contribution in [0.25, 0.3) is 0 Å². The third-order valence-corrected chi connectivity index (χ3v) is 6.71. The maximum Gasteiger partial charge on any atom is 0.312 e. The van der Waals surface area contributed by atoms with Gasteiger partial charge in [0.2, 0.25) is 0 Å². The fourth-order valence-corrected chi connectivity index (χ4v) is 4.30. The summed E-state index contributed by atoms with van der Waals surface area (Å²) in [5.41, 5.74) is 10.9. The number of rotatable bonds is 7. The number of carbonyl (C=O) groups excluding carboxylic acids is 1. The Hall–Kier alpha value is -3.13. The third-order valence-electron chi connectivity index (χ3n) is 6.71. The number of cyclic esters (lactones) is 1. The lowest BCUT2D eigenvalue weighted by Gasteiger charge is -2.24. The van der Waals surface area contributed by atoms with Crippen LogP contribution in [0.2, 0.25) is 0 Å². The molecule has 0 fully saturated rings. The van der Waals surface area contributed by atoms with Gasteiger partial charge < -0.3 is 14.2 Å². The van der Waals surface area contributed by atoms with Crippen molar-refractivity contribution in [3.05, 3.63) is 107 Å². The van der Waals surface area contributed by atoms with E-state index in [1.807, 2.05) is 81.5 Å². The highest BCUT2D eigenvalue weighted by atomic mass is 16.5. The normalized spacial score (nSPS) is 25.1. The summed E-state index contributed by atoms with van der Waals surface area (Å²) in [7, 11) is 0. The number of carbonyl (C=O) groups is 1. The van der Waals surface area contributed by atoms with Gasteiger partial charge in [-0.15, -0.1) is 11.5 Å². The summed E-state index contributed by atoms with van der Waals surface area (Å²) in [6, 6.07) is 20.1. The van der Waals surface area contributed by atoms with Crippen LogP contribution in [-0.4, -0.2) is 24.3 Å². The lowest BCUT2D eigenvalue weighted by atomic mass is 9.95. The van der Waals surface area contributed by atoms with Crippen LogP contribution < -0.4 is 0 Å². The molecule has 5 atom stereocenters. The molecule has 0 radical (unpaired) electrons. The summed E-state index contributed by atoms with van der Waals surface area (Å²) in [6.45, 7) is 11.0. The van der Waals surface area contributed by atoms with E-state index in [4.69, 9.17) is 14.2 Å². The molecule has 0 aliphatic carbocycles. The molecule has 0 saturated heterocycles. The van der Waals surface area contributed by atoms with Crippen LogP contribution in [0.3, 0.4) is 0 Å². The van der Waals surface area contributed by atoms with Crippen LogP contribution in [0.15, 0.2) is 95.4 Å². The average Bonchev–Trinajstić information content (AvgIpc) is 2.91. The summed E-state index contributed by atoms with van der Waals surface area (Å²) in [5, 5.41) is 0. The van der Waals surface area contributed by atoms with E-state index in [1.165, 1.54) is 0 Å². The van der Waals surface area contributed by atoms with Crippen molar-refractivity contribution in [2.75, 3.05) is 0 Å². The Kier molecular flexibility index (Phi) is 11.2. The SMILES string of the molecule is CCC1OC(=O)[C@H](C)C(OCc2ccccc2)C=C=C(C)C[C@@H](C)[C@@H](OCc2ccccc2)C=C=C1C. The van der Waals surface area contributed by atoms with Gasteiger partial charge in [-0.25, -0.2) is 0 Å². The predicted molar refractivity (Wildman–Crippen MR) is 148 cm³/mol. The summed E-state index contributed by atoms with van der Waals surface area (Å²) in [4.78, 5) is 13.1. The van der Waals surface area contributed by atoms with E-state index in [9.17, 15) is 4.79 Å². The van der Waals surface area contributed by atoms with E-state index in [2.05, 4.69) is 37.4 Å². The first-order valence-corrected chi connectivity index (χ1v) is 13.2. The van der Waals surface area contributed by atoms with Crippen LogP contribution in [0, 0.1) is 11.8 Å². The molecule has 1 aliphatic heterocycles. The van der Waals surface area contributed by atoms with Crippen molar-refractivity contribution in [2.45, 2.75) is 79.0 Å². The van der Waals surface area contributed by atoms with Crippen LogP contribution in [0.1, 0.15) is 58.6 Å². The lowest BCUT2D eigenvalue weighted by molar-refractivity contribution is -0.156. The lowest BCUT2D eigenvalue weighted by Crippen LogP contribution is -2.31. The van der Waals surface area contributed by atoms with E-state index in [-0.39, 0.29) is 24.1 Å². The standard InChI is InChI=1S/C33H40O4/c1-6-30-25(3)18-20-31(35-22-28-13-9-7-10-14-28)26(4)21-24(2)17-19-32(27(5)33(34)37-30)36-23-29-15-11-8-12-16-29/h7-16,19-20,26-27,30-32H,6,21-23H2,1-5H3/t17?,18?,26-,27-,30?,31+,32?/m1/s1. The Morgan fingerprint density at radius 1 is 0.838 bits per heavy atom. The molecule has 4 heteroatoms. The molecular weight excluding hydrogens is 460 g/mol. The van der Waals surface area contributed by atoms with Gasteiger partial charge in [-0.2, -0.15) is 0 Å². The van der Waals surface area contributed by atoms with Gasteiger partial charge in [0.25, 0.3) is 0 Å². The largest absolute Gasteiger partial charge is 0.457 e. The van der Waals surface area contributed by atoms with Gasteiger partial charge in [0.15, 0.2) is 0 Å². The molecule has 0 saturated carbocycles. The van der Waals surface area contributed by atoms with Crippen molar-refractivity contribution in [1.82, 2.24) is 0 Å². The molecule has 1 heterocycles. The predicted octanol–water partition coefficient (Wildman–Crippen LogP) is 7.36. The number of benzene rings is 2. The first kappa shape index (κ1) is 28.4. The number of hydrogen-bond acceptors (Lipinski definition) is 4. The van der Waals surface area contributed by atoms with E-state index in [0.717, 1.165) is 28.7 Å². The molecule has 0 aromatic heterocycles. The molecule has 1 aliphatic rings. The Balaban J connectivity index is 1.88. The second-order valence-electron chi connectivity index (χ2n) is 9.91. The fraction of sp³-hybridized carbons (Fsp3) is 0.424. The quantitative estimate of drug-likeness (QED) is 0.294. The summed E-state index contributed by atoms with van der Waals surface area (Å²) in [5.74, 6) is -0.558. The van der Waals surface area contributed by atoms with Gasteiger partial charge in [-0.3, -0.25) is 4.79 Å². The molecule has 0 spiro atoms. The maximum absolute atomic E-state index is 13.1. The smallest absolute Gasteiger partial charge is 0.312 e. The second kappa shape index (κ2) is 14.6. The van der Waals surface area contributed by atoms with Crippen molar-refractivity contribution in [3.63, 3.8) is 0 Å². The van der Waals surface area contributed by atoms with Gasteiger partial charge in [-0.05, 0) is 68.4 Å². The highest BCUT2D eigenvalue weighted by molar-refractivity contribution is 5.73. The summed E-state index contributed by atoms with van der Waals surface area (Å²) >= 11 is 0. The first-order valence-electron chi connectivity index (χ1n) is 13.2. The molecule has 0 N–H and O–H groups in total.